The number of benzene rings is 2. The van der Waals surface area contributed by atoms with Crippen molar-refractivity contribution in [3.8, 4) is 11.8 Å². The lowest BCUT2D eigenvalue weighted by atomic mass is 10.1. The quantitative estimate of drug-likeness (QED) is 0.862. The summed E-state index contributed by atoms with van der Waals surface area (Å²) < 4.78 is 5.73. The van der Waals surface area contributed by atoms with Crippen molar-refractivity contribution in [1.82, 2.24) is 0 Å². The first-order chi connectivity index (χ1) is 10.3. The third kappa shape index (κ3) is 3.21. The average molecular weight is 278 g/mol. The molecular formula is C17H14N2O2. The molecule has 4 heteroatoms. The van der Waals surface area contributed by atoms with Gasteiger partial charge in [-0.05, 0) is 35.4 Å². The predicted octanol–water partition coefficient (Wildman–Crippen LogP) is 3.28. The standard InChI is InChI=1S/C17H14N2O2/c18-11-16-10-17(19-21-16)14-6-8-15(9-7-14)20-12-13-4-2-1-3-5-13/h1-9,16H,10,12H2/t16-/m1/s1. The minimum absolute atomic E-state index is 0.464. The maximum Gasteiger partial charge on any atom is 0.218 e. The van der Waals surface area contributed by atoms with Gasteiger partial charge >= 0.3 is 0 Å². The third-order valence-electron chi connectivity index (χ3n) is 3.25. The van der Waals surface area contributed by atoms with Crippen molar-refractivity contribution < 1.29 is 9.57 Å². The molecule has 104 valence electrons. The van der Waals surface area contributed by atoms with Crippen LogP contribution in [0.4, 0.5) is 0 Å². The molecule has 0 fully saturated rings. The van der Waals surface area contributed by atoms with Crippen LogP contribution in [0.3, 0.4) is 0 Å². The van der Waals surface area contributed by atoms with Crippen LogP contribution in [-0.2, 0) is 11.4 Å². The van der Waals surface area contributed by atoms with E-state index in [4.69, 9.17) is 14.8 Å². The van der Waals surface area contributed by atoms with Gasteiger partial charge in [0, 0.05) is 6.42 Å². The Labute approximate surface area is 123 Å². The Morgan fingerprint density at radius 3 is 2.57 bits per heavy atom. The zero-order chi connectivity index (χ0) is 14.5. The van der Waals surface area contributed by atoms with Crippen LogP contribution in [0.1, 0.15) is 17.5 Å². The van der Waals surface area contributed by atoms with Gasteiger partial charge in [0.15, 0.2) is 0 Å². The Hall–Kier alpha value is -2.80. The van der Waals surface area contributed by atoms with E-state index >= 15 is 0 Å². The second-order valence-corrected chi connectivity index (χ2v) is 4.76. The van der Waals surface area contributed by atoms with Crippen LogP contribution in [0.5, 0.6) is 5.75 Å². The topological polar surface area (TPSA) is 54.6 Å². The number of nitrogens with zero attached hydrogens (tertiary/aromatic N) is 2. The maximum absolute atomic E-state index is 8.78. The molecule has 1 atom stereocenters. The number of ether oxygens (including phenoxy) is 1. The molecule has 2 aromatic carbocycles. The van der Waals surface area contributed by atoms with Crippen molar-refractivity contribution in [3.63, 3.8) is 0 Å². The summed E-state index contributed by atoms with van der Waals surface area (Å²) in [5, 5.41) is 12.7. The van der Waals surface area contributed by atoms with Crippen LogP contribution < -0.4 is 4.74 Å². The normalized spacial score (nSPS) is 16.7. The summed E-state index contributed by atoms with van der Waals surface area (Å²) in [5.41, 5.74) is 2.89. The zero-order valence-corrected chi connectivity index (χ0v) is 11.4. The number of nitriles is 1. The Kier molecular flexibility index (Phi) is 3.83. The van der Waals surface area contributed by atoms with Crippen molar-refractivity contribution in [3.05, 3.63) is 65.7 Å². The molecule has 0 radical (unpaired) electrons. The summed E-state index contributed by atoms with van der Waals surface area (Å²) in [4.78, 5) is 5.00. The smallest absolute Gasteiger partial charge is 0.218 e. The van der Waals surface area contributed by atoms with Crippen LogP contribution in [-0.4, -0.2) is 11.8 Å². The highest BCUT2D eigenvalue weighted by molar-refractivity contribution is 6.01. The van der Waals surface area contributed by atoms with E-state index in [0.29, 0.717) is 13.0 Å². The van der Waals surface area contributed by atoms with Crippen molar-refractivity contribution in [2.75, 3.05) is 0 Å². The molecule has 0 unspecified atom stereocenters. The molecule has 0 aliphatic carbocycles. The molecule has 1 aliphatic rings. The third-order valence-corrected chi connectivity index (χ3v) is 3.25. The first kappa shape index (κ1) is 13.2. The SMILES string of the molecule is N#C[C@H]1CC(c2ccc(OCc3ccccc3)cc2)=NO1. The summed E-state index contributed by atoms with van der Waals surface area (Å²) in [6, 6.07) is 19.7. The summed E-state index contributed by atoms with van der Waals surface area (Å²) in [6.07, 6.45) is 0.0646. The van der Waals surface area contributed by atoms with E-state index < -0.39 is 6.10 Å². The highest BCUT2D eigenvalue weighted by Crippen LogP contribution is 2.19. The van der Waals surface area contributed by atoms with Gasteiger partial charge in [-0.2, -0.15) is 5.26 Å². The predicted molar refractivity (Wildman–Crippen MR) is 78.9 cm³/mol. The van der Waals surface area contributed by atoms with E-state index in [2.05, 4.69) is 11.2 Å². The van der Waals surface area contributed by atoms with Crippen LogP contribution in [0.2, 0.25) is 0 Å². The first-order valence-electron chi connectivity index (χ1n) is 6.74. The van der Waals surface area contributed by atoms with Crippen molar-refractivity contribution >= 4 is 5.71 Å². The molecule has 1 heterocycles. The molecule has 0 N–H and O–H groups in total. The summed E-state index contributed by atoms with van der Waals surface area (Å²) in [6.45, 7) is 0.542. The van der Waals surface area contributed by atoms with Gasteiger partial charge in [0.05, 0.1) is 5.71 Å². The molecule has 4 nitrogen and oxygen atoms in total. The molecule has 3 rings (SSSR count). The van der Waals surface area contributed by atoms with Gasteiger partial charge in [0.25, 0.3) is 0 Å². The Morgan fingerprint density at radius 1 is 1.14 bits per heavy atom. The highest BCUT2D eigenvalue weighted by atomic mass is 16.6. The largest absolute Gasteiger partial charge is 0.489 e. The van der Waals surface area contributed by atoms with Gasteiger partial charge in [0.2, 0.25) is 6.10 Å². The van der Waals surface area contributed by atoms with Crippen molar-refractivity contribution in [2.45, 2.75) is 19.1 Å². The minimum Gasteiger partial charge on any atom is -0.489 e. The Morgan fingerprint density at radius 2 is 1.90 bits per heavy atom. The number of hydrogen-bond acceptors (Lipinski definition) is 4. The van der Waals surface area contributed by atoms with Gasteiger partial charge in [-0.3, -0.25) is 0 Å². The van der Waals surface area contributed by atoms with Crippen LogP contribution >= 0.6 is 0 Å². The Balaban J connectivity index is 1.61. The minimum atomic E-state index is -0.464. The molecule has 0 amide bonds. The van der Waals surface area contributed by atoms with Crippen LogP contribution in [0.15, 0.2) is 59.8 Å². The van der Waals surface area contributed by atoms with Gasteiger partial charge in [0.1, 0.15) is 18.4 Å². The van der Waals surface area contributed by atoms with E-state index in [0.717, 1.165) is 22.6 Å². The van der Waals surface area contributed by atoms with Crippen LogP contribution in [0, 0.1) is 11.3 Å². The van der Waals surface area contributed by atoms with E-state index in [-0.39, 0.29) is 0 Å². The number of oxime groups is 1. The molecule has 0 bridgehead atoms. The molecule has 0 saturated heterocycles. The molecule has 0 spiro atoms. The molecule has 0 saturated carbocycles. The van der Waals surface area contributed by atoms with Gasteiger partial charge in [-0.1, -0.05) is 35.5 Å². The summed E-state index contributed by atoms with van der Waals surface area (Å²) in [7, 11) is 0. The Bertz CT molecular complexity index is 672. The fourth-order valence-corrected chi connectivity index (χ4v) is 2.10. The number of rotatable bonds is 4. The lowest BCUT2D eigenvalue weighted by molar-refractivity contribution is 0.125. The average Bonchev–Trinajstić information content (AvgIpc) is 3.03. The fraction of sp³-hybridized carbons (Fsp3) is 0.176. The monoisotopic (exact) mass is 278 g/mol. The highest BCUT2D eigenvalue weighted by Gasteiger charge is 2.21. The molecule has 2 aromatic rings. The van der Waals surface area contributed by atoms with Gasteiger partial charge < -0.3 is 9.57 Å². The second kappa shape index (κ2) is 6.10. The number of hydrogen-bond donors (Lipinski definition) is 0. The molecule has 1 aliphatic heterocycles. The molecule has 0 aromatic heterocycles. The first-order valence-corrected chi connectivity index (χ1v) is 6.74. The van der Waals surface area contributed by atoms with Gasteiger partial charge in [-0.25, -0.2) is 0 Å². The fourth-order valence-electron chi connectivity index (χ4n) is 2.10. The lowest BCUT2D eigenvalue weighted by Gasteiger charge is -2.07. The van der Waals surface area contributed by atoms with E-state index in [9.17, 15) is 0 Å². The van der Waals surface area contributed by atoms with E-state index in [1.54, 1.807) is 0 Å². The second-order valence-electron chi connectivity index (χ2n) is 4.76. The van der Waals surface area contributed by atoms with Gasteiger partial charge in [-0.15, -0.1) is 0 Å². The van der Waals surface area contributed by atoms with E-state index in [1.165, 1.54) is 0 Å². The lowest BCUT2D eigenvalue weighted by Crippen LogP contribution is -2.05. The van der Waals surface area contributed by atoms with Crippen LogP contribution in [0.25, 0.3) is 0 Å². The van der Waals surface area contributed by atoms with Crippen molar-refractivity contribution in [2.24, 2.45) is 5.16 Å². The van der Waals surface area contributed by atoms with E-state index in [1.807, 2.05) is 54.6 Å². The zero-order valence-electron chi connectivity index (χ0n) is 11.4. The molecular weight excluding hydrogens is 264 g/mol. The van der Waals surface area contributed by atoms with Crippen molar-refractivity contribution in [1.29, 1.82) is 5.26 Å². The maximum atomic E-state index is 8.78. The molecule has 21 heavy (non-hydrogen) atoms. The summed E-state index contributed by atoms with van der Waals surface area (Å²) >= 11 is 0. The summed E-state index contributed by atoms with van der Waals surface area (Å²) in [5.74, 6) is 0.805.